The predicted molar refractivity (Wildman–Crippen MR) is 190 cm³/mol. The molecule has 2 amide bonds. The van der Waals surface area contributed by atoms with Crippen LogP contribution in [0.5, 0.6) is 0 Å². The van der Waals surface area contributed by atoms with Gasteiger partial charge >= 0.3 is 0 Å². The van der Waals surface area contributed by atoms with Crippen LogP contribution in [0.25, 0.3) is 11.1 Å². The van der Waals surface area contributed by atoms with Crippen LogP contribution in [-0.2, 0) is 41.7 Å². The fourth-order valence-electron chi connectivity index (χ4n) is 7.22. The van der Waals surface area contributed by atoms with Crippen molar-refractivity contribution >= 4 is 11.8 Å². The Balaban J connectivity index is 1.07. The molecule has 3 aliphatic rings. The summed E-state index contributed by atoms with van der Waals surface area (Å²) in [5.74, 6) is -0.796. The van der Waals surface area contributed by atoms with E-state index >= 15 is 0 Å². The second kappa shape index (κ2) is 18.2. The number of likely N-dealkylation sites (tertiary alicyclic amines) is 1. The van der Waals surface area contributed by atoms with E-state index in [1.165, 1.54) is 0 Å². The summed E-state index contributed by atoms with van der Waals surface area (Å²) in [7, 11) is 0. The van der Waals surface area contributed by atoms with Crippen molar-refractivity contribution in [3.05, 3.63) is 95.1 Å². The Kier molecular flexibility index (Phi) is 13.2. The predicted octanol–water partition coefficient (Wildman–Crippen LogP) is 5.69. The standard InChI is InChI=1S/C40H51N3O8/c44-28-29-11-13-31(14-12-29)36-25-34(27-43-21-19-40(20-22-43)48-23-24-49-40)50-39(51-36)32-17-15-30(16-18-32)35-8-6-5-7-33(35)26-41-37(45)9-3-1-2-4-10-38(46)42-47/h5-8,11-18,34,36,39,44,47H,1-4,9-10,19-28H2,(H,41,45)(H,42,46)/t34-,36+,39+/m1/s1. The molecular weight excluding hydrogens is 650 g/mol. The highest BCUT2D eigenvalue weighted by molar-refractivity contribution is 5.76. The minimum absolute atomic E-state index is 0.000722. The summed E-state index contributed by atoms with van der Waals surface area (Å²) in [6.07, 6.45) is 5.53. The number of hydrogen-bond acceptors (Lipinski definition) is 9. The van der Waals surface area contributed by atoms with E-state index in [-0.39, 0.29) is 37.0 Å². The number of aliphatic hydroxyl groups excluding tert-OH is 1. The van der Waals surface area contributed by atoms with Crippen LogP contribution in [0.1, 0.15) is 92.4 Å². The highest BCUT2D eigenvalue weighted by atomic mass is 16.7. The third-order valence-electron chi connectivity index (χ3n) is 10.2. The first-order chi connectivity index (χ1) is 24.9. The third kappa shape index (κ3) is 10.2. The molecule has 3 atom stereocenters. The number of carbonyl (C=O) groups is 2. The smallest absolute Gasteiger partial charge is 0.243 e. The normalized spacial score (nSPS) is 21.8. The zero-order chi connectivity index (χ0) is 35.5. The maximum absolute atomic E-state index is 12.6. The molecule has 0 radical (unpaired) electrons. The first-order valence-electron chi connectivity index (χ1n) is 18.3. The van der Waals surface area contributed by atoms with Gasteiger partial charge in [0.15, 0.2) is 12.1 Å². The SMILES string of the molecule is O=C(CCCCCCC(=O)NCc1ccccc1-c1ccc([C@H]2O[C@@H](CN3CCC4(CC3)OCCO4)C[C@@H](c3ccc(CO)cc3)O2)cc1)NO. The maximum Gasteiger partial charge on any atom is 0.243 e. The van der Waals surface area contributed by atoms with Gasteiger partial charge in [0.25, 0.3) is 0 Å². The quantitative estimate of drug-likeness (QED) is 0.0894. The van der Waals surface area contributed by atoms with E-state index in [0.29, 0.717) is 32.6 Å². The molecule has 11 nitrogen and oxygen atoms in total. The summed E-state index contributed by atoms with van der Waals surface area (Å²) in [6.45, 7) is 4.34. The Labute approximate surface area is 300 Å². The molecule has 0 aliphatic carbocycles. The van der Waals surface area contributed by atoms with Crippen molar-refractivity contribution in [1.29, 1.82) is 0 Å². The molecule has 0 unspecified atom stereocenters. The van der Waals surface area contributed by atoms with Crippen molar-refractivity contribution in [3.8, 4) is 11.1 Å². The minimum Gasteiger partial charge on any atom is -0.392 e. The highest BCUT2D eigenvalue weighted by Crippen LogP contribution is 2.40. The van der Waals surface area contributed by atoms with Gasteiger partial charge in [-0.25, -0.2) is 5.48 Å². The molecule has 3 aromatic rings. The van der Waals surface area contributed by atoms with Crippen LogP contribution in [0.3, 0.4) is 0 Å². The number of aliphatic hydroxyl groups is 1. The van der Waals surface area contributed by atoms with E-state index in [0.717, 1.165) is 91.5 Å². The molecule has 4 N–H and O–H groups in total. The van der Waals surface area contributed by atoms with Crippen LogP contribution in [0.15, 0.2) is 72.8 Å². The van der Waals surface area contributed by atoms with Crippen molar-refractivity contribution < 1.29 is 38.9 Å². The summed E-state index contributed by atoms with van der Waals surface area (Å²) in [6, 6.07) is 24.4. The summed E-state index contributed by atoms with van der Waals surface area (Å²) in [5, 5.41) is 21.2. The number of benzene rings is 3. The van der Waals surface area contributed by atoms with Crippen molar-refractivity contribution in [2.24, 2.45) is 0 Å². The van der Waals surface area contributed by atoms with Gasteiger partial charge in [0.2, 0.25) is 11.8 Å². The first kappa shape index (κ1) is 37.1. The molecule has 3 fully saturated rings. The van der Waals surface area contributed by atoms with E-state index < -0.39 is 12.1 Å². The van der Waals surface area contributed by atoms with E-state index in [4.69, 9.17) is 24.2 Å². The molecule has 3 saturated heterocycles. The lowest BCUT2D eigenvalue weighted by Crippen LogP contribution is -2.48. The van der Waals surface area contributed by atoms with Gasteiger partial charge in [0.1, 0.15) is 0 Å². The van der Waals surface area contributed by atoms with Crippen LogP contribution in [0.2, 0.25) is 0 Å². The van der Waals surface area contributed by atoms with Gasteiger partial charge in [0.05, 0.1) is 32.0 Å². The average Bonchev–Trinajstić information content (AvgIpc) is 3.64. The summed E-state index contributed by atoms with van der Waals surface area (Å²) >= 11 is 0. The highest BCUT2D eigenvalue weighted by Gasteiger charge is 2.41. The lowest BCUT2D eigenvalue weighted by Gasteiger charge is -2.41. The van der Waals surface area contributed by atoms with Crippen LogP contribution in [0, 0.1) is 0 Å². The van der Waals surface area contributed by atoms with Crippen LogP contribution >= 0.6 is 0 Å². The van der Waals surface area contributed by atoms with Crippen molar-refractivity contribution in [2.75, 3.05) is 32.8 Å². The molecule has 3 heterocycles. The van der Waals surface area contributed by atoms with Crippen LogP contribution in [-0.4, -0.2) is 71.8 Å². The summed E-state index contributed by atoms with van der Waals surface area (Å²) in [5.41, 5.74) is 7.63. The number of nitrogens with one attached hydrogen (secondary N) is 2. The molecule has 0 aromatic heterocycles. The average molecular weight is 702 g/mol. The van der Waals surface area contributed by atoms with Crippen molar-refractivity contribution in [3.63, 3.8) is 0 Å². The Morgan fingerprint density at radius 3 is 2.16 bits per heavy atom. The number of nitrogens with zero attached hydrogens (tertiary/aromatic N) is 1. The van der Waals surface area contributed by atoms with Gasteiger partial charge in [-0.2, -0.15) is 0 Å². The topological polar surface area (TPSA) is 139 Å². The zero-order valence-corrected chi connectivity index (χ0v) is 29.3. The second-order valence-corrected chi connectivity index (χ2v) is 13.8. The largest absolute Gasteiger partial charge is 0.392 e. The molecular formula is C40H51N3O8. The van der Waals surface area contributed by atoms with Crippen molar-refractivity contribution in [1.82, 2.24) is 15.7 Å². The molecule has 1 spiro atoms. The van der Waals surface area contributed by atoms with Gasteiger partial charge in [-0.15, -0.1) is 0 Å². The molecule has 3 aliphatic heterocycles. The Bertz CT molecular complexity index is 1550. The zero-order valence-electron chi connectivity index (χ0n) is 29.3. The number of ether oxygens (including phenoxy) is 4. The molecule has 3 aromatic carbocycles. The summed E-state index contributed by atoms with van der Waals surface area (Å²) in [4.78, 5) is 26.1. The number of hydrogen-bond donors (Lipinski definition) is 4. The number of piperidine rings is 1. The second-order valence-electron chi connectivity index (χ2n) is 13.8. The third-order valence-corrected chi connectivity index (χ3v) is 10.2. The lowest BCUT2D eigenvalue weighted by molar-refractivity contribution is -0.255. The minimum atomic E-state index is -0.542. The molecule has 0 saturated carbocycles. The number of amides is 2. The van der Waals surface area contributed by atoms with Gasteiger partial charge in [-0.05, 0) is 40.7 Å². The first-order valence-corrected chi connectivity index (χ1v) is 18.3. The van der Waals surface area contributed by atoms with Gasteiger partial charge in [0, 0.05) is 63.8 Å². The number of rotatable bonds is 15. The molecule has 11 heteroatoms. The Morgan fingerprint density at radius 1 is 0.804 bits per heavy atom. The molecule has 274 valence electrons. The Hall–Kier alpha value is -3.68. The monoisotopic (exact) mass is 701 g/mol. The van der Waals surface area contributed by atoms with E-state index in [2.05, 4.69) is 40.5 Å². The maximum atomic E-state index is 12.6. The van der Waals surface area contributed by atoms with Crippen LogP contribution in [0.4, 0.5) is 0 Å². The van der Waals surface area contributed by atoms with E-state index in [1.807, 2.05) is 42.5 Å². The molecule has 0 bridgehead atoms. The van der Waals surface area contributed by atoms with Crippen molar-refractivity contribution in [2.45, 2.75) is 95.2 Å². The number of carbonyl (C=O) groups excluding carboxylic acids is 2. The fraction of sp³-hybridized carbons (Fsp3) is 0.500. The van der Waals surface area contributed by atoms with Gasteiger partial charge in [-0.3, -0.25) is 14.8 Å². The number of hydroxylamine groups is 1. The lowest BCUT2D eigenvalue weighted by atomic mass is 9.97. The number of unbranched alkanes of at least 4 members (excludes halogenated alkanes) is 3. The van der Waals surface area contributed by atoms with Gasteiger partial charge in [-0.1, -0.05) is 85.6 Å². The van der Waals surface area contributed by atoms with E-state index in [9.17, 15) is 14.7 Å². The summed E-state index contributed by atoms with van der Waals surface area (Å²) < 4.78 is 25.1. The Morgan fingerprint density at radius 2 is 1.47 bits per heavy atom. The molecule has 51 heavy (non-hydrogen) atoms. The van der Waals surface area contributed by atoms with Gasteiger partial charge < -0.3 is 34.3 Å². The van der Waals surface area contributed by atoms with Crippen LogP contribution < -0.4 is 10.8 Å². The molecule has 6 rings (SSSR count). The fourth-order valence-corrected chi connectivity index (χ4v) is 7.22. The van der Waals surface area contributed by atoms with E-state index in [1.54, 1.807) is 5.48 Å².